The predicted octanol–water partition coefficient (Wildman–Crippen LogP) is 1.43. The molecule has 1 aromatic rings. The number of amides is 1. The summed E-state index contributed by atoms with van der Waals surface area (Å²) in [6.45, 7) is 2.18. The van der Waals surface area contributed by atoms with Crippen LogP contribution in [0.25, 0.3) is 0 Å². The lowest BCUT2D eigenvalue weighted by Crippen LogP contribution is -2.33. The van der Waals surface area contributed by atoms with E-state index in [4.69, 9.17) is 15.2 Å². The molecule has 0 radical (unpaired) electrons. The van der Waals surface area contributed by atoms with Gasteiger partial charge in [0.2, 0.25) is 0 Å². The van der Waals surface area contributed by atoms with Crippen molar-refractivity contribution in [2.75, 3.05) is 32.6 Å². The highest BCUT2D eigenvalue weighted by atomic mass is 16.5. The largest absolute Gasteiger partial charge is 0.496 e. The lowest BCUT2D eigenvalue weighted by molar-refractivity contribution is 0.0536. The zero-order valence-corrected chi connectivity index (χ0v) is 11.1. The molecule has 1 atom stereocenters. The van der Waals surface area contributed by atoms with E-state index in [-0.39, 0.29) is 5.91 Å². The monoisotopic (exact) mass is 264 g/mol. The quantitative estimate of drug-likeness (QED) is 0.807. The summed E-state index contributed by atoms with van der Waals surface area (Å²) in [5, 5.41) is 2.92. The molecule has 0 bridgehead atoms. The Labute approximate surface area is 113 Å². The number of rotatable bonds is 4. The lowest BCUT2D eigenvalue weighted by atomic mass is 10.0. The number of benzene rings is 1. The van der Waals surface area contributed by atoms with Gasteiger partial charge in [0, 0.05) is 24.9 Å². The van der Waals surface area contributed by atoms with Crippen LogP contribution >= 0.6 is 0 Å². The molecular weight excluding hydrogens is 244 g/mol. The van der Waals surface area contributed by atoms with Gasteiger partial charge in [0.15, 0.2) is 0 Å². The van der Waals surface area contributed by atoms with Gasteiger partial charge >= 0.3 is 0 Å². The van der Waals surface area contributed by atoms with Crippen molar-refractivity contribution in [1.82, 2.24) is 5.32 Å². The first kappa shape index (κ1) is 13.7. The maximum absolute atomic E-state index is 12.1. The summed E-state index contributed by atoms with van der Waals surface area (Å²) >= 11 is 0. The van der Waals surface area contributed by atoms with Crippen LogP contribution < -0.4 is 15.8 Å². The SMILES string of the molecule is COc1cc(N)ccc1C(=O)NCC1CCCOC1. The number of carbonyl (C=O) groups is 1. The lowest BCUT2D eigenvalue weighted by Gasteiger charge is -2.22. The number of nitrogen functional groups attached to an aromatic ring is 1. The minimum atomic E-state index is -0.137. The highest BCUT2D eigenvalue weighted by molar-refractivity contribution is 5.97. The van der Waals surface area contributed by atoms with E-state index in [9.17, 15) is 4.79 Å². The van der Waals surface area contributed by atoms with Gasteiger partial charge in [-0.05, 0) is 30.9 Å². The topological polar surface area (TPSA) is 73.6 Å². The Morgan fingerprint density at radius 2 is 2.42 bits per heavy atom. The average Bonchev–Trinajstić information content (AvgIpc) is 2.45. The summed E-state index contributed by atoms with van der Waals surface area (Å²) < 4.78 is 10.6. The van der Waals surface area contributed by atoms with Crippen LogP contribution in [-0.4, -0.2) is 32.8 Å². The molecule has 19 heavy (non-hydrogen) atoms. The van der Waals surface area contributed by atoms with Crippen LogP contribution in [0.2, 0.25) is 0 Å². The van der Waals surface area contributed by atoms with Gasteiger partial charge in [-0.15, -0.1) is 0 Å². The third-order valence-electron chi connectivity index (χ3n) is 3.28. The molecule has 0 spiro atoms. The molecule has 1 heterocycles. The number of carbonyl (C=O) groups excluding carboxylic acids is 1. The zero-order valence-electron chi connectivity index (χ0n) is 11.1. The minimum Gasteiger partial charge on any atom is -0.496 e. The molecular formula is C14H20N2O3. The van der Waals surface area contributed by atoms with Gasteiger partial charge in [0.05, 0.1) is 19.3 Å². The Morgan fingerprint density at radius 3 is 3.11 bits per heavy atom. The zero-order chi connectivity index (χ0) is 13.7. The van der Waals surface area contributed by atoms with E-state index in [2.05, 4.69) is 5.32 Å². The number of nitrogens with one attached hydrogen (secondary N) is 1. The maximum Gasteiger partial charge on any atom is 0.255 e. The third kappa shape index (κ3) is 3.61. The fraction of sp³-hybridized carbons (Fsp3) is 0.500. The predicted molar refractivity (Wildman–Crippen MR) is 73.3 cm³/mol. The van der Waals surface area contributed by atoms with Gasteiger partial charge in [-0.1, -0.05) is 0 Å². The molecule has 0 saturated carbocycles. The van der Waals surface area contributed by atoms with Crippen molar-refractivity contribution in [2.24, 2.45) is 5.92 Å². The van der Waals surface area contributed by atoms with Crippen molar-refractivity contribution >= 4 is 11.6 Å². The smallest absolute Gasteiger partial charge is 0.255 e. The third-order valence-corrected chi connectivity index (χ3v) is 3.28. The van der Waals surface area contributed by atoms with Crippen LogP contribution in [0.1, 0.15) is 23.2 Å². The number of nitrogens with two attached hydrogens (primary N) is 1. The Bertz CT molecular complexity index is 442. The second-order valence-corrected chi connectivity index (χ2v) is 4.75. The van der Waals surface area contributed by atoms with Crippen molar-refractivity contribution in [2.45, 2.75) is 12.8 Å². The Hall–Kier alpha value is -1.75. The van der Waals surface area contributed by atoms with Gasteiger partial charge in [0.25, 0.3) is 5.91 Å². The second-order valence-electron chi connectivity index (χ2n) is 4.75. The molecule has 1 unspecified atom stereocenters. The van der Waals surface area contributed by atoms with Crippen molar-refractivity contribution in [3.05, 3.63) is 23.8 Å². The Morgan fingerprint density at radius 1 is 1.58 bits per heavy atom. The van der Waals surface area contributed by atoms with E-state index in [1.807, 2.05) is 0 Å². The Balaban J connectivity index is 1.95. The number of hydrogen-bond acceptors (Lipinski definition) is 4. The molecule has 1 saturated heterocycles. The molecule has 1 aromatic carbocycles. The number of anilines is 1. The molecule has 1 fully saturated rings. The van der Waals surface area contributed by atoms with Crippen LogP contribution in [-0.2, 0) is 4.74 Å². The standard InChI is InChI=1S/C14H20N2O3/c1-18-13-7-11(15)4-5-12(13)14(17)16-8-10-3-2-6-19-9-10/h4-5,7,10H,2-3,6,8-9,15H2,1H3,(H,16,17). The highest BCUT2D eigenvalue weighted by Crippen LogP contribution is 2.21. The first-order chi connectivity index (χ1) is 9.20. The Kier molecular flexibility index (Phi) is 4.63. The van der Waals surface area contributed by atoms with E-state index >= 15 is 0 Å². The summed E-state index contributed by atoms with van der Waals surface area (Å²) in [5.41, 5.74) is 6.75. The van der Waals surface area contributed by atoms with Crippen molar-refractivity contribution < 1.29 is 14.3 Å². The summed E-state index contributed by atoms with van der Waals surface area (Å²) in [6.07, 6.45) is 2.16. The fourth-order valence-electron chi connectivity index (χ4n) is 2.20. The first-order valence-corrected chi connectivity index (χ1v) is 6.50. The molecule has 2 rings (SSSR count). The van der Waals surface area contributed by atoms with Crippen LogP contribution in [0.3, 0.4) is 0 Å². The van der Waals surface area contributed by atoms with E-state index in [0.29, 0.717) is 29.5 Å². The van der Waals surface area contributed by atoms with E-state index in [0.717, 1.165) is 26.1 Å². The van der Waals surface area contributed by atoms with Crippen LogP contribution in [0.5, 0.6) is 5.75 Å². The van der Waals surface area contributed by atoms with E-state index in [1.54, 1.807) is 18.2 Å². The molecule has 5 nitrogen and oxygen atoms in total. The van der Waals surface area contributed by atoms with Gasteiger partial charge in [-0.2, -0.15) is 0 Å². The maximum atomic E-state index is 12.1. The molecule has 0 aromatic heterocycles. The second kappa shape index (κ2) is 6.43. The molecule has 3 N–H and O–H groups in total. The number of ether oxygens (including phenoxy) is 2. The van der Waals surface area contributed by atoms with Crippen molar-refractivity contribution in [3.63, 3.8) is 0 Å². The summed E-state index contributed by atoms with van der Waals surface area (Å²) in [5.74, 6) is 0.761. The van der Waals surface area contributed by atoms with E-state index in [1.165, 1.54) is 7.11 Å². The molecule has 5 heteroatoms. The van der Waals surface area contributed by atoms with E-state index < -0.39 is 0 Å². The van der Waals surface area contributed by atoms with Crippen LogP contribution in [0, 0.1) is 5.92 Å². The van der Waals surface area contributed by atoms with Crippen molar-refractivity contribution in [1.29, 1.82) is 0 Å². The van der Waals surface area contributed by atoms with Gasteiger partial charge in [0.1, 0.15) is 5.75 Å². The number of hydrogen-bond donors (Lipinski definition) is 2. The average molecular weight is 264 g/mol. The fourth-order valence-corrected chi connectivity index (χ4v) is 2.20. The molecule has 1 aliphatic heterocycles. The summed E-state index contributed by atoms with van der Waals surface area (Å²) in [6, 6.07) is 5.03. The number of methoxy groups -OCH3 is 1. The van der Waals surface area contributed by atoms with Gasteiger partial charge in [-0.3, -0.25) is 4.79 Å². The van der Waals surface area contributed by atoms with Crippen molar-refractivity contribution in [3.8, 4) is 5.75 Å². The van der Waals surface area contributed by atoms with Crippen LogP contribution in [0.4, 0.5) is 5.69 Å². The highest BCUT2D eigenvalue weighted by Gasteiger charge is 2.17. The molecule has 1 amide bonds. The first-order valence-electron chi connectivity index (χ1n) is 6.50. The molecule has 0 aliphatic carbocycles. The van der Waals surface area contributed by atoms with Gasteiger partial charge in [-0.25, -0.2) is 0 Å². The molecule has 104 valence electrons. The normalized spacial score (nSPS) is 18.9. The van der Waals surface area contributed by atoms with Crippen LogP contribution in [0.15, 0.2) is 18.2 Å². The van der Waals surface area contributed by atoms with Gasteiger partial charge < -0.3 is 20.5 Å². The molecule has 1 aliphatic rings. The summed E-state index contributed by atoms with van der Waals surface area (Å²) in [4.78, 5) is 12.1. The minimum absolute atomic E-state index is 0.137. The summed E-state index contributed by atoms with van der Waals surface area (Å²) in [7, 11) is 1.53.